The molecular weight excluding hydrogens is 256 g/mol. The lowest BCUT2D eigenvalue weighted by Gasteiger charge is -2.08. The number of ether oxygens (including phenoxy) is 2. The number of aromatic nitrogens is 2. The highest BCUT2D eigenvalue weighted by Gasteiger charge is 2.04. The van der Waals surface area contributed by atoms with Gasteiger partial charge in [-0.2, -0.15) is 4.98 Å². The molecule has 3 N–H and O–H groups in total. The summed E-state index contributed by atoms with van der Waals surface area (Å²) in [6.07, 6.45) is 0.979. The number of hydrazine groups is 1. The first-order valence-corrected chi connectivity index (χ1v) is 6.44. The summed E-state index contributed by atoms with van der Waals surface area (Å²) in [6.45, 7) is 4.55. The fourth-order valence-corrected chi connectivity index (χ4v) is 1.61. The average molecular weight is 274 g/mol. The van der Waals surface area contributed by atoms with Crippen molar-refractivity contribution in [2.75, 3.05) is 12.0 Å². The van der Waals surface area contributed by atoms with Crippen molar-refractivity contribution in [1.82, 2.24) is 9.97 Å². The Bertz CT molecular complexity index is 558. The van der Waals surface area contributed by atoms with Crippen LogP contribution >= 0.6 is 0 Å². The van der Waals surface area contributed by atoms with Crippen LogP contribution in [0.5, 0.6) is 17.4 Å². The topological polar surface area (TPSA) is 82.3 Å². The summed E-state index contributed by atoms with van der Waals surface area (Å²) in [5.41, 5.74) is 2.48. The Morgan fingerprint density at radius 3 is 2.50 bits per heavy atom. The van der Waals surface area contributed by atoms with Crippen molar-refractivity contribution in [1.29, 1.82) is 0 Å². The molecule has 0 aliphatic heterocycles. The zero-order valence-corrected chi connectivity index (χ0v) is 11.6. The molecule has 6 heteroatoms. The van der Waals surface area contributed by atoms with E-state index < -0.39 is 0 Å². The number of nitrogens with zero attached hydrogens (tertiary/aromatic N) is 2. The van der Waals surface area contributed by atoms with Gasteiger partial charge < -0.3 is 14.9 Å². The summed E-state index contributed by atoms with van der Waals surface area (Å²) in [5, 5.41) is 0. The van der Waals surface area contributed by atoms with Crippen LogP contribution in [0.2, 0.25) is 0 Å². The molecule has 0 bridgehead atoms. The predicted molar refractivity (Wildman–Crippen MR) is 76.9 cm³/mol. The number of anilines is 1. The zero-order valence-electron chi connectivity index (χ0n) is 11.6. The molecule has 2 aromatic rings. The molecule has 0 aliphatic carbocycles. The molecule has 1 heterocycles. The van der Waals surface area contributed by atoms with Crippen molar-refractivity contribution in [2.24, 2.45) is 5.84 Å². The number of benzene rings is 1. The lowest BCUT2D eigenvalue weighted by atomic mass is 10.3. The van der Waals surface area contributed by atoms with Crippen molar-refractivity contribution >= 4 is 5.82 Å². The molecule has 0 atom stereocenters. The van der Waals surface area contributed by atoms with Gasteiger partial charge >= 0.3 is 0 Å². The first-order valence-electron chi connectivity index (χ1n) is 6.44. The summed E-state index contributed by atoms with van der Waals surface area (Å²) in [7, 11) is 0. The lowest BCUT2D eigenvalue weighted by molar-refractivity contribution is 0.317. The molecule has 1 aromatic carbocycles. The molecule has 0 fully saturated rings. The Labute approximate surface area is 117 Å². The van der Waals surface area contributed by atoms with Gasteiger partial charge in [0.05, 0.1) is 6.61 Å². The first kappa shape index (κ1) is 14.1. The third kappa shape index (κ3) is 3.83. The van der Waals surface area contributed by atoms with Gasteiger partial charge in [0.15, 0.2) is 0 Å². The van der Waals surface area contributed by atoms with Crippen LogP contribution in [-0.4, -0.2) is 16.6 Å². The van der Waals surface area contributed by atoms with E-state index in [0.29, 0.717) is 29.9 Å². The van der Waals surface area contributed by atoms with E-state index in [2.05, 4.69) is 22.3 Å². The second-order valence-corrected chi connectivity index (χ2v) is 4.20. The van der Waals surface area contributed by atoms with E-state index in [4.69, 9.17) is 15.3 Å². The highest BCUT2D eigenvalue weighted by atomic mass is 16.5. The minimum absolute atomic E-state index is 0.438. The Kier molecular flexibility index (Phi) is 4.73. The van der Waals surface area contributed by atoms with E-state index in [1.165, 1.54) is 0 Å². The molecule has 20 heavy (non-hydrogen) atoms. The van der Waals surface area contributed by atoms with Gasteiger partial charge in [0.25, 0.3) is 0 Å². The number of aryl methyl sites for hydroxylation is 1. The maximum absolute atomic E-state index is 5.66. The Morgan fingerprint density at radius 2 is 1.85 bits per heavy atom. The van der Waals surface area contributed by atoms with Gasteiger partial charge in [-0.3, -0.25) is 0 Å². The van der Waals surface area contributed by atoms with Crippen LogP contribution in [0.25, 0.3) is 0 Å². The maximum atomic E-state index is 5.66. The Morgan fingerprint density at radius 1 is 1.15 bits per heavy atom. The maximum Gasteiger partial charge on any atom is 0.224 e. The molecule has 0 amide bonds. The van der Waals surface area contributed by atoms with Gasteiger partial charge in [-0.05, 0) is 37.6 Å². The van der Waals surface area contributed by atoms with E-state index in [1.54, 1.807) is 13.0 Å². The molecule has 106 valence electrons. The fraction of sp³-hybridized carbons (Fsp3) is 0.286. The third-order valence-electron chi connectivity index (χ3n) is 2.48. The standard InChI is InChI=1S/C14H18N4O2/c1-3-8-19-11-4-6-12(7-5-11)20-14-9-13(18-15)16-10(2)17-14/h4-7,9H,3,8,15H2,1-2H3,(H,16,17,18). The number of hydrogen-bond donors (Lipinski definition) is 2. The van der Waals surface area contributed by atoms with Crippen molar-refractivity contribution in [3.8, 4) is 17.4 Å². The minimum Gasteiger partial charge on any atom is -0.494 e. The number of nitrogens with two attached hydrogens (primary N) is 1. The summed E-state index contributed by atoms with van der Waals surface area (Å²) < 4.78 is 11.2. The van der Waals surface area contributed by atoms with Gasteiger partial charge in [0.1, 0.15) is 23.1 Å². The monoisotopic (exact) mass is 274 g/mol. The zero-order chi connectivity index (χ0) is 14.4. The van der Waals surface area contributed by atoms with Crippen LogP contribution in [-0.2, 0) is 0 Å². The summed E-state index contributed by atoms with van der Waals surface area (Å²) in [6, 6.07) is 9.02. The molecular formula is C14H18N4O2. The Hall–Kier alpha value is -2.34. The first-order chi connectivity index (χ1) is 9.71. The van der Waals surface area contributed by atoms with Crippen LogP contribution in [0.1, 0.15) is 19.2 Å². The van der Waals surface area contributed by atoms with E-state index in [9.17, 15) is 0 Å². The van der Waals surface area contributed by atoms with Crippen LogP contribution in [0.15, 0.2) is 30.3 Å². The molecule has 0 saturated carbocycles. The molecule has 1 aromatic heterocycles. The summed E-state index contributed by atoms with van der Waals surface area (Å²) >= 11 is 0. The van der Waals surface area contributed by atoms with Crippen molar-refractivity contribution in [3.63, 3.8) is 0 Å². The van der Waals surface area contributed by atoms with E-state index in [0.717, 1.165) is 12.2 Å². The largest absolute Gasteiger partial charge is 0.494 e. The number of rotatable bonds is 6. The van der Waals surface area contributed by atoms with Crippen LogP contribution in [0.3, 0.4) is 0 Å². The van der Waals surface area contributed by atoms with Gasteiger partial charge in [-0.15, -0.1) is 0 Å². The van der Waals surface area contributed by atoms with Gasteiger partial charge in [0, 0.05) is 6.07 Å². The molecule has 0 radical (unpaired) electrons. The SMILES string of the molecule is CCCOc1ccc(Oc2cc(NN)nc(C)n2)cc1. The fourth-order valence-electron chi connectivity index (χ4n) is 1.61. The van der Waals surface area contributed by atoms with Crippen LogP contribution in [0.4, 0.5) is 5.82 Å². The summed E-state index contributed by atoms with van der Waals surface area (Å²) in [5.74, 6) is 8.36. The van der Waals surface area contributed by atoms with E-state index >= 15 is 0 Å². The quantitative estimate of drug-likeness (QED) is 0.622. The number of hydrogen-bond acceptors (Lipinski definition) is 6. The van der Waals surface area contributed by atoms with Gasteiger partial charge in [-0.1, -0.05) is 6.92 Å². The smallest absolute Gasteiger partial charge is 0.224 e. The molecule has 0 spiro atoms. The highest BCUT2D eigenvalue weighted by molar-refractivity contribution is 5.39. The van der Waals surface area contributed by atoms with Crippen LogP contribution in [0, 0.1) is 6.92 Å². The summed E-state index contributed by atoms with van der Waals surface area (Å²) in [4.78, 5) is 8.28. The Balaban J connectivity index is 2.07. The highest BCUT2D eigenvalue weighted by Crippen LogP contribution is 2.23. The predicted octanol–water partition coefficient (Wildman–Crippen LogP) is 2.65. The number of nitrogens with one attached hydrogen (secondary N) is 1. The molecule has 0 unspecified atom stereocenters. The second-order valence-electron chi connectivity index (χ2n) is 4.20. The van der Waals surface area contributed by atoms with Gasteiger partial charge in [-0.25, -0.2) is 10.8 Å². The number of nitrogen functional groups attached to an aromatic ring is 1. The average Bonchev–Trinajstić information content (AvgIpc) is 2.46. The lowest BCUT2D eigenvalue weighted by Crippen LogP contribution is -2.09. The molecule has 0 saturated heterocycles. The van der Waals surface area contributed by atoms with E-state index in [1.807, 2.05) is 24.3 Å². The van der Waals surface area contributed by atoms with Crippen molar-refractivity contribution in [3.05, 3.63) is 36.2 Å². The minimum atomic E-state index is 0.438. The van der Waals surface area contributed by atoms with Crippen molar-refractivity contribution < 1.29 is 9.47 Å². The normalized spacial score (nSPS) is 10.2. The molecule has 2 rings (SSSR count). The van der Waals surface area contributed by atoms with Crippen molar-refractivity contribution in [2.45, 2.75) is 20.3 Å². The van der Waals surface area contributed by atoms with E-state index in [-0.39, 0.29) is 0 Å². The second kappa shape index (κ2) is 6.72. The third-order valence-corrected chi connectivity index (χ3v) is 2.48. The van der Waals surface area contributed by atoms with Gasteiger partial charge in [0.2, 0.25) is 5.88 Å². The molecule has 6 nitrogen and oxygen atoms in total. The van der Waals surface area contributed by atoms with Crippen LogP contribution < -0.4 is 20.7 Å². The molecule has 0 aliphatic rings.